The van der Waals surface area contributed by atoms with Crippen molar-refractivity contribution in [2.24, 2.45) is 0 Å². The SMILES string of the molecule is CN(C)c1c(N)c(N(C)C)c(F)c(O)c1F. The molecule has 0 saturated heterocycles. The highest BCUT2D eigenvalue weighted by Gasteiger charge is 2.24. The molecule has 0 saturated carbocycles. The summed E-state index contributed by atoms with van der Waals surface area (Å²) in [6.07, 6.45) is 0. The number of nitrogen functional groups attached to an aromatic ring is 1. The number of hydrogen-bond donors (Lipinski definition) is 2. The van der Waals surface area contributed by atoms with Crippen LogP contribution in [-0.2, 0) is 0 Å². The second-order valence-corrected chi connectivity index (χ2v) is 3.88. The predicted molar refractivity (Wildman–Crippen MR) is 61.1 cm³/mol. The fraction of sp³-hybridized carbons (Fsp3) is 0.400. The highest BCUT2D eigenvalue weighted by molar-refractivity contribution is 5.84. The lowest BCUT2D eigenvalue weighted by Crippen LogP contribution is -2.19. The Kier molecular flexibility index (Phi) is 3.11. The molecule has 90 valence electrons. The molecule has 0 radical (unpaired) electrons. The topological polar surface area (TPSA) is 52.7 Å². The van der Waals surface area contributed by atoms with Gasteiger partial charge in [-0.25, -0.2) is 8.78 Å². The Balaban J connectivity index is 3.66. The molecule has 0 unspecified atom stereocenters. The fourth-order valence-electron chi connectivity index (χ4n) is 1.54. The number of nitrogens with zero attached hydrogens (tertiary/aromatic N) is 2. The van der Waals surface area contributed by atoms with Crippen molar-refractivity contribution >= 4 is 17.1 Å². The number of nitrogens with two attached hydrogens (primary N) is 1. The number of benzene rings is 1. The molecule has 1 aromatic carbocycles. The van der Waals surface area contributed by atoms with E-state index in [1.807, 2.05) is 0 Å². The van der Waals surface area contributed by atoms with Crippen LogP contribution in [0, 0.1) is 11.6 Å². The van der Waals surface area contributed by atoms with Gasteiger partial charge in [-0.3, -0.25) is 0 Å². The number of phenolic OH excluding ortho intramolecular Hbond substituents is 1. The van der Waals surface area contributed by atoms with Crippen molar-refractivity contribution in [2.75, 3.05) is 43.7 Å². The minimum Gasteiger partial charge on any atom is -0.503 e. The first-order valence-electron chi connectivity index (χ1n) is 4.63. The third kappa shape index (κ3) is 1.70. The van der Waals surface area contributed by atoms with Crippen molar-refractivity contribution in [2.45, 2.75) is 0 Å². The molecule has 0 aliphatic carbocycles. The van der Waals surface area contributed by atoms with Crippen LogP contribution in [0.5, 0.6) is 5.75 Å². The van der Waals surface area contributed by atoms with Gasteiger partial charge in [0.05, 0.1) is 5.69 Å². The van der Waals surface area contributed by atoms with Gasteiger partial charge in [-0.15, -0.1) is 0 Å². The van der Waals surface area contributed by atoms with Gasteiger partial charge >= 0.3 is 0 Å². The number of phenols is 1. The summed E-state index contributed by atoms with van der Waals surface area (Å²) in [7, 11) is 6.24. The first-order valence-corrected chi connectivity index (χ1v) is 4.63. The summed E-state index contributed by atoms with van der Waals surface area (Å²) in [5.41, 5.74) is 5.59. The molecule has 3 N–H and O–H groups in total. The van der Waals surface area contributed by atoms with Gasteiger partial charge in [-0.1, -0.05) is 0 Å². The van der Waals surface area contributed by atoms with Crippen molar-refractivity contribution in [1.82, 2.24) is 0 Å². The van der Waals surface area contributed by atoms with Crippen LogP contribution in [0.3, 0.4) is 0 Å². The van der Waals surface area contributed by atoms with Crippen molar-refractivity contribution < 1.29 is 13.9 Å². The first kappa shape index (κ1) is 12.4. The van der Waals surface area contributed by atoms with Crippen LogP contribution in [0.25, 0.3) is 0 Å². The van der Waals surface area contributed by atoms with Crippen molar-refractivity contribution in [3.05, 3.63) is 11.6 Å². The van der Waals surface area contributed by atoms with Gasteiger partial charge in [0.25, 0.3) is 0 Å². The quantitative estimate of drug-likeness (QED) is 0.596. The van der Waals surface area contributed by atoms with Crippen LogP contribution in [0.15, 0.2) is 0 Å². The van der Waals surface area contributed by atoms with E-state index in [-0.39, 0.29) is 17.1 Å². The normalized spacial score (nSPS) is 10.4. The average Bonchev–Trinajstić information content (AvgIpc) is 2.13. The summed E-state index contributed by atoms with van der Waals surface area (Å²) in [5.74, 6) is -3.11. The smallest absolute Gasteiger partial charge is 0.193 e. The molecule has 0 aromatic heterocycles. The molecule has 6 heteroatoms. The summed E-state index contributed by atoms with van der Waals surface area (Å²) >= 11 is 0. The highest BCUT2D eigenvalue weighted by Crippen LogP contribution is 2.42. The molecule has 0 aliphatic rings. The first-order chi connectivity index (χ1) is 7.29. The number of halogens is 2. The lowest BCUT2D eigenvalue weighted by Gasteiger charge is -2.23. The Morgan fingerprint density at radius 3 is 1.50 bits per heavy atom. The Morgan fingerprint density at radius 1 is 0.938 bits per heavy atom. The van der Waals surface area contributed by atoms with E-state index >= 15 is 0 Å². The monoisotopic (exact) mass is 231 g/mol. The number of anilines is 3. The summed E-state index contributed by atoms with van der Waals surface area (Å²) in [5, 5.41) is 9.33. The Bertz CT molecular complexity index is 384. The van der Waals surface area contributed by atoms with E-state index in [9.17, 15) is 13.9 Å². The van der Waals surface area contributed by atoms with Crippen LogP contribution in [-0.4, -0.2) is 33.3 Å². The zero-order valence-corrected chi connectivity index (χ0v) is 9.67. The minimum atomic E-state index is -1.05. The zero-order valence-electron chi connectivity index (χ0n) is 9.67. The zero-order chi connectivity index (χ0) is 12.6. The molecule has 0 bridgehead atoms. The maximum absolute atomic E-state index is 13.6. The summed E-state index contributed by atoms with van der Waals surface area (Å²) in [6.45, 7) is 0. The van der Waals surface area contributed by atoms with Gasteiger partial charge < -0.3 is 20.6 Å². The third-order valence-electron chi connectivity index (χ3n) is 2.24. The number of rotatable bonds is 2. The van der Waals surface area contributed by atoms with Crippen LogP contribution in [0.2, 0.25) is 0 Å². The fourth-order valence-corrected chi connectivity index (χ4v) is 1.54. The number of aromatic hydroxyl groups is 1. The maximum atomic E-state index is 13.6. The largest absolute Gasteiger partial charge is 0.503 e. The third-order valence-corrected chi connectivity index (χ3v) is 2.24. The maximum Gasteiger partial charge on any atom is 0.193 e. The van der Waals surface area contributed by atoms with E-state index in [2.05, 4.69) is 0 Å². The Morgan fingerprint density at radius 2 is 1.25 bits per heavy atom. The molecule has 0 heterocycles. The van der Waals surface area contributed by atoms with E-state index in [1.165, 1.54) is 9.80 Å². The lowest BCUT2D eigenvalue weighted by molar-refractivity contribution is 0.397. The molecule has 1 rings (SSSR count). The number of hydrogen-bond acceptors (Lipinski definition) is 4. The van der Waals surface area contributed by atoms with Gasteiger partial charge in [0, 0.05) is 28.2 Å². The van der Waals surface area contributed by atoms with Crippen LogP contribution in [0.1, 0.15) is 0 Å². The molecule has 0 spiro atoms. The molecule has 4 nitrogen and oxygen atoms in total. The second-order valence-electron chi connectivity index (χ2n) is 3.88. The molecule has 0 fully saturated rings. The van der Waals surface area contributed by atoms with E-state index in [0.717, 1.165) is 0 Å². The van der Waals surface area contributed by atoms with Gasteiger partial charge in [0.2, 0.25) is 0 Å². The Labute approximate surface area is 92.9 Å². The van der Waals surface area contributed by atoms with Gasteiger partial charge in [0.15, 0.2) is 17.4 Å². The molecule has 1 aromatic rings. The minimum absolute atomic E-state index is 0.0254. The predicted octanol–water partition coefficient (Wildman–Crippen LogP) is 1.38. The van der Waals surface area contributed by atoms with Crippen molar-refractivity contribution in [3.63, 3.8) is 0 Å². The van der Waals surface area contributed by atoms with Crippen LogP contribution in [0.4, 0.5) is 25.8 Å². The molecule has 0 atom stereocenters. The van der Waals surface area contributed by atoms with Gasteiger partial charge in [-0.2, -0.15) is 0 Å². The summed E-state index contributed by atoms with van der Waals surface area (Å²) in [6, 6.07) is 0. The van der Waals surface area contributed by atoms with Crippen LogP contribution < -0.4 is 15.5 Å². The van der Waals surface area contributed by atoms with E-state index < -0.39 is 17.4 Å². The highest BCUT2D eigenvalue weighted by atomic mass is 19.1. The molecule has 0 amide bonds. The van der Waals surface area contributed by atoms with Gasteiger partial charge in [-0.05, 0) is 0 Å². The summed E-state index contributed by atoms with van der Waals surface area (Å²) < 4.78 is 27.2. The average molecular weight is 231 g/mol. The van der Waals surface area contributed by atoms with E-state index in [1.54, 1.807) is 28.2 Å². The van der Waals surface area contributed by atoms with Crippen LogP contribution >= 0.6 is 0 Å². The lowest BCUT2D eigenvalue weighted by atomic mass is 10.1. The van der Waals surface area contributed by atoms with E-state index in [4.69, 9.17) is 5.73 Å². The Hall–Kier alpha value is -1.72. The van der Waals surface area contributed by atoms with Crippen molar-refractivity contribution in [3.8, 4) is 5.75 Å². The van der Waals surface area contributed by atoms with Crippen molar-refractivity contribution in [1.29, 1.82) is 0 Å². The molecule has 16 heavy (non-hydrogen) atoms. The van der Waals surface area contributed by atoms with Gasteiger partial charge in [0.1, 0.15) is 11.4 Å². The standard InChI is InChI=1S/C10H15F2N3O/c1-14(2)8-5(11)10(16)6(12)9(7(8)13)15(3)4/h16H,13H2,1-4H3. The second kappa shape index (κ2) is 4.03. The molecular weight excluding hydrogens is 216 g/mol. The molecular formula is C10H15F2N3O. The summed E-state index contributed by atoms with van der Waals surface area (Å²) in [4.78, 5) is 2.77. The molecule has 0 aliphatic heterocycles. The van der Waals surface area contributed by atoms with E-state index in [0.29, 0.717) is 0 Å².